The third-order valence-electron chi connectivity index (χ3n) is 7.60. The highest BCUT2D eigenvalue weighted by Gasteiger charge is 2.25. The first-order valence-corrected chi connectivity index (χ1v) is 13.0. The van der Waals surface area contributed by atoms with E-state index < -0.39 is 0 Å². The molecule has 37 heavy (non-hydrogen) atoms. The lowest BCUT2D eigenvalue weighted by Gasteiger charge is -2.32. The topological polar surface area (TPSA) is 95.0 Å². The Kier molecular flexibility index (Phi) is 5.47. The predicted octanol–water partition coefficient (Wildman–Crippen LogP) is 4.79. The first kappa shape index (κ1) is 22.2. The number of hydrogen-bond donors (Lipinski definition) is 1. The molecule has 0 spiro atoms. The number of nitrogens with two attached hydrogens (primary N) is 1. The normalized spacial score (nSPS) is 17.5. The quantitative estimate of drug-likeness (QED) is 0.365. The van der Waals surface area contributed by atoms with Crippen LogP contribution in [0.25, 0.3) is 27.6 Å². The molecule has 7 rings (SSSR count). The van der Waals surface area contributed by atoms with Crippen LogP contribution in [0.4, 0.5) is 11.6 Å². The van der Waals surface area contributed by atoms with Crippen molar-refractivity contribution in [3.63, 3.8) is 0 Å². The van der Waals surface area contributed by atoms with Gasteiger partial charge in [-0.3, -0.25) is 9.55 Å². The number of anilines is 2. The van der Waals surface area contributed by atoms with Crippen molar-refractivity contribution >= 4 is 33.6 Å². The van der Waals surface area contributed by atoms with Crippen LogP contribution in [0.3, 0.4) is 0 Å². The monoisotopic (exact) mass is 491 g/mol. The molecule has 8 nitrogen and oxygen atoms in total. The lowest BCUT2D eigenvalue weighted by molar-refractivity contribution is 0.113. The van der Waals surface area contributed by atoms with E-state index in [0.717, 1.165) is 79.0 Å². The van der Waals surface area contributed by atoms with Gasteiger partial charge in [0.1, 0.15) is 23.6 Å². The van der Waals surface area contributed by atoms with Crippen molar-refractivity contribution in [1.82, 2.24) is 24.5 Å². The second kappa shape index (κ2) is 9.12. The van der Waals surface area contributed by atoms with Crippen molar-refractivity contribution in [1.29, 1.82) is 0 Å². The van der Waals surface area contributed by atoms with Crippen LogP contribution < -0.4 is 10.6 Å². The third-order valence-corrected chi connectivity index (χ3v) is 7.60. The van der Waals surface area contributed by atoms with E-state index in [1.165, 1.54) is 29.3 Å². The smallest absolute Gasteiger partial charge is 0.150 e. The van der Waals surface area contributed by atoms with Gasteiger partial charge in [-0.1, -0.05) is 12.1 Å². The van der Waals surface area contributed by atoms with E-state index in [0.29, 0.717) is 5.82 Å². The molecule has 2 N–H and O–H groups in total. The molecule has 4 aromatic heterocycles. The van der Waals surface area contributed by atoms with Crippen LogP contribution in [-0.2, 0) is 17.6 Å². The van der Waals surface area contributed by atoms with Gasteiger partial charge in [0.25, 0.3) is 0 Å². The number of nitrogens with zero attached hydrogens (tertiary/aromatic N) is 6. The summed E-state index contributed by atoms with van der Waals surface area (Å²) in [6.07, 6.45) is 12.5. The maximum atomic E-state index is 6.29. The van der Waals surface area contributed by atoms with Crippen molar-refractivity contribution in [3.05, 3.63) is 78.0 Å². The molecule has 2 aliphatic rings. The molecule has 2 aliphatic heterocycles. The van der Waals surface area contributed by atoms with Gasteiger partial charge in [0.05, 0.1) is 28.9 Å². The Morgan fingerprint density at radius 3 is 2.70 bits per heavy atom. The minimum absolute atomic E-state index is 0.0244. The van der Waals surface area contributed by atoms with E-state index in [9.17, 15) is 0 Å². The summed E-state index contributed by atoms with van der Waals surface area (Å²) in [5.41, 5.74) is 12.6. The summed E-state index contributed by atoms with van der Waals surface area (Å²) in [7, 11) is 0. The van der Waals surface area contributed by atoms with Crippen molar-refractivity contribution in [2.75, 3.05) is 30.3 Å². The van der Waals surface area contributed by atoms with Crippen LogP contribution in [0.1, 0.15) is 42.1 Å². The molecule has 0 radical (unpaired) electrons. The van der Waals surface area contributed by atoms with Gasteiger partial charge < -0.3 is 15.4 Å². The zero-order valence-corrected chi connectivity index (χ0v) is 20.7. The number of pyridine rings is 2. The van der Waals surface area contributed by atoms with Crippen LogP contribution in [-0.4, -0.2) is 44.2 Å². The van der Waals surface area contributed by atoms with E-state index in [-0.39, 0.29) is 6.10 Å². The number of nitrogen functional groups attached to an aromatic ring is 1. The average molecular weight is 492 g/mol. The summed E-state index contributed by atoms with van der Waals surface area (Å²) >= 11 is 0. The standard InChI is InChI=1S/C29H29N7O/c30-28-27-23(25-3-1-12-37-25)17-36(29(27)33-18-32-28)22-13-20(15-31-16-22)5-4-19-6-7-21-8-9-26(34-24(21)14-19)35-10-2-11-35/h6-9,13-18,25H,1-5,10-12H2,(H2,30,32,33). The lowest BCUT2D eigenvalue weighted by Crippen LogP contribution is -2.37. The molecule has 8 heteroatoms. The Hall–Kier alpha value is -4.04. The fourth-order valence-electron chi connectivity index (χ4n) is 5.44. The number of hydrogen-bond acceptors (Lipinski definition) is 7. The van der Waals surface area contributed by atoms with Crippen molar-refractivity contribution in [2.45, 2.75) is 38.2 Å². The summed E-state index contributed by atoms with van der Waals surface area (Å²) in [6, 6.07) is 13.1. The first-order valence-electron chi connectivity index (χ1n) is 13.0. The molecular formula is C29H29N7O. The summed E-state index contributed by atoms with van der Waals surface area (Å²) in [5.74, 6) is 1.57. The number of rotatable bonds is 6. The molecule has 186 valence electrons. The molecule has 2 saturated heterocycles. The molecule has 0 bridgehead atoms. The van der Waals surface area contributed by atoms with E-state index in [1.807, 2.05) is 12.4 Å². The molecular weight excluding hydrogens is 462 g/mol. The Bertz CT molecular complexity index is 1600. The van der Waals surface area contributed by atoms with Crippen LogP contribution in [0.2, 0.25) is 0 Å². The van der Waals surface area contributed by atoms with E-state index >= 15 is 0 Å². The molecule has 0 saturated carbocycles. The van der Waals surface area contributed by atoms with Gasteiger partial charge in [0.2, 0.25) is 0 Å². The van der Waals surface area contributed by atoms with Gasteiger partial charge >= 0.3 is 0 Å². The Morgan fingerprint density at radius 1 is 0.973 bits per heavy atom. The summed E-state index contributed by atoms with van der Waals surface area (Å²) in [4.78, 5) is 20.6. The Labute approximate surface area is 215 Å². The minimum Gasteiger partial charge on any atom is -0.383 e. The Morgan fingerprint density at radius 2 is 1.86 bits per heavy atom. The molecule has 0 amide bonds. The molecule has 5 aromatic rings. The number of aryl methyl sites for hydroxylation is 2. The predicted molar refractivity (Wildman–Crippen MR) is 145 cm³/mol. The SMILES string of the molecule is Nc1ncnc2c1c(C1CCCO1)cn2-c1cncc(CCc2ccc3ccc(N4CCC4)nc3c2)c1. The molecule has 6 heterocycles. The second-order valence-electron chi connectivity index (χ2n) is 10.0. The van der Waals surface area contributed by atoms with Crippen LogP contribution in [0.15, 0.2) is 61.3 Å². The summed E-state index contributed by atoms with van der Waals surface area (Å²) in [6.45, 7) is 2.98. The third kappa shape index (κ3) is 4.07. The zero-order valence-electron chi connectivity index (χ0n) is 20.7. The van der Waals surface area contributed by atoms with Gasteiger partial charge in [0.15, 0.2) is 0 Å². The number of aromatic nitrogens is 5. The highest BCUT2D eigenvalue weighted by Crippen LogP contribution is 2.37. The first-order chi connectivity index (χ1) is 18.2. The van der Waals surface area contributed by atoms with Gasteiger partial charge in [-0.25, -0.2) is 15.0 Å². The van der Waals surface area contributed by atoms with E-state index in [1.54, 1.807) is 0 Å². The maximum absolute atomic E-state index is 6.29. The average Bonchev–Trinajstić information content (AvgIpc) is 3.55. The molecule has 1 unspecified atom stereocenters. The van der Waals surface area contributed by atoms with Crippen LogP contribution in [0, 0.1) is 0 Å². The van der Waals surface area contributed by atoms with E-state index in [4.69, 9.17) is 15.5 Å². The van der Waals surface area contributed by atoms with Crippen molar-refractivity contribution in [2.24, 2.45) is 0 Å². The number of benzene rings is 1. The molecule has 2 fully saturated rings. The van der Waals surface area contributed by atoms with Crippen LogP contribution in [0.5, 0.6) is 0 Å². The van der Waals surface area contributed by atoms with Gasteiger partial charge in [-0.05, 0) is 67.5 Å². The Balaban J connectivity index is 1.16. The molecule has 0 aliphatic carbocycles. The van der Waals surface area contributed by atoms with Gasteiger partial charge in [-0.15, -0.1) is 0 Å². The largest absolute Gasteiger partial charge is 0.383 e. The molecule has 1 atom stereocenters. The highest BCUT2D eigenvalue weighted by molar-refractivity contribution is 5.91. The maximum Gasteiger partial charge on any atom is 0.150 e. The second-order valence-corrected chi connectivity index (χ2v) is 10.0. The number of ether oxygens (including phenoxy) is 1. The van der Waals surface area contributed by atoms with E-state index in [2.05, 4.69) is 67.0 Å². The summed E-state index contributed by atoms with van der Waals surface area (Å²) in [5, 5.41) is 2.06. The fraction of sp³-hybridized carbons (Fsp3) is 0.310. The van der Waals surface area contributed by atoms with Gasteiger partial charge in [-0.2, -0.15) is 0 Å². The van der Waals surface area contributed by atoms with Crippen molar-refractivity contribution in [3.8, 4) is 5.69 Å². The lowest BCUT2D eigenvalue weighted by atomic mass is 10.0. The van der Waals surface area contributed by atoms with Gasteiger partial charge in [0, 0.05) is 43.0 Å². The molecule has 1 aromatic carbocycles. The summed E-state index contributed by atoms with van der Waals surface area (Å²) < 4.78 is 8.04. The highest BCUT2D eigenvalue weighted by atomic mass is 16.5. The fourth-order valence-corrected chi connectivity index (χ4v) is 5.44. The van der Waals surface area contributed by atoms with Crippen molar-refractivity contribution < 1.29 is 4.74 Å². The number of fused-ring (bicyclic) bond motifs is 2. The zero-order chi connectivity index (χ0) is 24.8. The minimum atomic E-state index is 0.0244. The van der Waals surface area contributed by atoms with Crippen LogP contribution >= 0.6 is 0 Å².